The third-order valence-corrected chi connectivity index (χ3v) is 5.10. The predicted molar refractivity (Wildman–Crippen MR) is 114 cm³/mol. The Morgan fingerprint density at radius 2 is 1.86 bits per heavy atom. The number of rotatable bonds is 3. The van der Waals surface area contributed by atoms with E-state index in [0.717, 1.165) is 17.1 Å². The number of carbonyl (C=O) groups is 1. The molecule has 2 aromatic carbocycles. The number of aromatic nitrogens is 2. The second-order valence-corrected chi connectivity index (χ2v) is 7.82. The molecule has 4 rings (SSSR count). The van der Waals surface area contributed by atoms with Crippen molar-refractivity contribution >= 4 is 16.6 Å². The van der Waals surface area contributed by atoms with E-state index in [1.807, 2.05) is 40.7 Å². The van der Waals surface area contributed by atoms with Crippen molar-refractivity contribution in [3.8, 4) is 22.5 Å². The molecule has 1 heterocycles. The van der Waals surface area contributed by atoms with Crippen LogP contribution in [-0.4, -0.2) is 20.4 Å². The molecule has 0 unspecified atom stereocenters. The normalized spacial score (nSPS) is 11.9. The van der Waals surface area contributed by atoms with Crippen molar-refractivity contribution in [2.45, 2.75) is 34.6 Å². The first-order valence-electron chi connectivity index (χ1n) is 9.64. The van der Waals surface area contributed by atoms with Crippen LogP contribution in [0.1, 0.15) is 33.5 Å². The molecule has 0 saturated heterocycles. The van der Waals surface area contributed by atoms with Crippen LogP contribution in [0.5, 0.6) is 0 Å². The van der Waals surface area contributed by atoms with Crippen molar-refractivity contribution in [3.05, 3.63) is 54.1 Å². The van der Waals surface area contributed by atoms with Crippen molar-refractivity contribution in [2.75, 3.05) is 0 Å². The molecule has 0 saturated carbocycles. The summed E-state index contributed by atoms with van der Waals surface area (Å²) in [6.45, 7) is 9.36. The second-order valence-electron chi connectivity index (χ2n) is 7.82. The van der Waals surface area contributed by atoms with Crippen LogP contribution in [0.25, 0.3) is 33.3 Å². The Hall–Kier alpha value is -2.23. The van der Waals surface area contributed by atoms with Crippen LogP contribution in [0.15, 0.2) is 42.2 Å². The summed E-state index contributed by atoms with van der Waals surface area (Å²) in [6.07, 6.45) is 1.31. The third-order valence-electron chi connectivity index (χ3n) is 5.10. The van der Waals surface area contributed by atoms with Crippen LogP contribution < -0.4 is 0 Å². The van der Waals surface area contributed by atoms with Gasteiger partial charge in [0, 0.05) is 56.5 Å². The first-order chi connectivity index (χ1) is 13.2. The summed E-state index contributed by atoms with van der Waals surface area (Å²) >= 11 is 0. The van der Waals surface area contributed by atoms with Gasteiger partial charge in [0.15, 0.2) is 5.78 Å². The van der Waals surface area contributed by atoms with Gasteiger partial charge in [0.2, 0.25) is 0 Å². The topological polar surface area (TPSA) is 55.1 Å². The summed E-state index contributed by atoms with van der Waals surface area (Å²) < 4.78 is 2.16. The number of aryl methyl sites for hydroxylation is 1. The molecule has 4 nitrogen and oxygen atoms in total. The molecule has 3 aromatic rings. The van der Waals surface area contributed by atoms with E-state index in [1.165, 1.54) is 28.1 Å². The van der Waals surface area contributed by atoms with Crippen LogP contribution in [0, 0.1) is 24.8 Å². The fraction of sp³-hybridized carbons (Fsp3) is 0.333. The number of benzene rings is 2. The van der Waals surface area contributed by atoms with Gasteiger partial charge in [0.25, 0.3) is 0 Å². The Morgan fingerprint density at radius 1 is 1.17 bits per heavy atom. The first kappa shape index (κ1) is 23.1. The smallest absolute Gasteiger partial charge is 0.161 e. The first-order valence-corrected chi connectivity index (χ1v) is 9.64. The monoisotopic (exact) mass is 568 g/mol. The quantitative estimate of drug-likeness (QED) is 0.198. The fourth-order valence-electron chi connectivity index (χ4n) is 3.23. The Morgan fingerprint density at radius 3 is 2.48 bits per heavy atom. The maximum absolute atomic E-state index is 11.0. The van der Waals surface area contributed by atoms with Gasteiger partial charge < -0.3 is 9.67 Å². The number of nitrogens with zero attached hydrogens (tertiary/aromatic N) is 2. The number of carbonyl (C=O) groups excluding carboxylic acids is 1. The van der Waals surface area contributed by atoms with E-state index in [4.69, 9.17) is 0 Å². The number of aliphatic hydroxyl groups is 1. The van der Waals surface area contributed by atoms with Crippen LogP contribution in [0.3, 0.4) is 0 Å². The van der Waals surface area contributed by atoms with Crippen LogP contribution in [0.4, 0.5) is 0 Å². The van der Waals surface area contributed by atoms with Crippen molar-refractivity contribution in [2.24, 2.45) is 18.9 Å². The molecule has 0 bridgehead atoms. The van der Waals surface area contributed by atoms with Gasteiger partial charge >= 0.3 is 0 Å². The van der Waals surface area contributed by atoms with E-state index in [0.29, 0.717) is 0 Å². The predicted octanol–water partition coefficient (Wildman–Crippen LogP) is 5.64. The fourth-order valence-corrected chi connectivity index (χ4v) is 3.23. The van der Waals surface area contributed by atoms with Crippen LogP contribution in [-0.2, 0) is 31.9 Å². The van der Waals surface area contributed by atoms with E-state index in [9.17, 15) is 9.90 Å². The van der Waals surface area contributed by atoms with Gasteiger partial charge in [-0.05, 0) is 12.5 Å². The molecule has 0 amide bonds. The third kappa shape index (κ3) is 4.36. The Bertz CT molecular complexity index is 1070. The zero-order chi connectivity index (χ0) is 20.6. The number of hydrogen-bond acceptors (Lipinski definition) is 3. The summed E-state index contributed by atoms with van der Waals surface area (Å²) in [5.41, 5.74) is 4.74. The number of ketones is 1. The zero-order valence-corrected chi connectivity index (χ0v) is 20.1. The summed E-state index contributed by atoms with van der Waals surface area (Å²) in [4.78, 5) is 15.7. The molecule has 155 valence electrons. The molecule has 1 aromatic heterocycles. The largest absolute Gasteiger partial charge is 0.512 e. The molecule has 29 heavy (non-hydrogen) atoms. The minimum absolute atomic E-state index is 0. The SMILES string of the molecule is CC(C)C(=O)/C=C(\O)C(C)C.Cc1nc2c(n1C)-c1cccc3cc[c-]c-2c13.[Ir]. The Kier molecular flexibility index (Phi) is 7.20. The van der Waals surface area contributed by atoms with E-state index < -0.39 is 0 Å². The molecule has 5 heteroatoms. The molecule has 1 N–H and O–H groups in total. The van der Waals surface area contributed by atoms with E-state index in [1.54, 1.807) is 0 Å². The number of fused-ring (bicyclic) bond motifs is 3. The summed E-state index contributed by atoms with van der Waals surface area (Å²) in [7, 11) is 2.08. The number of allylic oxidation sites excluding steroid dienone is 2. The Labute approximate surface area is 186 Å². The minimum Gasteiger partial charge on any atom is -0.512 e. The van der Waals surface area contributed by atoms with Crippen molar-refractivity contribution in [1.29, 1.82) is 0 Å². The van der Waals surface area contributed by atoms with Gasteiger partial charge in [-0.25, -0.2) is 0 Å². The Balaban J connectivity index is 0.000000222. The van der Waals surface area contributed by atoms with E-state index in [-0.39, 0.29) is 43.5 Å². The van der Waals surface area contributed by atoms with E-state index in [2.05, 4.69) is 46.9 Å². The molecule has 0 atom stereocenters. The molecule has 0 aliphatic heterocycles. The number of aliphatic hydroxyl groups excluding tert-OH is 1. The standard InChI is InChI=1S/C15H11N2.C9H16O2.Ir/c1-9-16-14-11-7-3-5-10-6-4-8-12(13(10)11)15(14)17(9)2;1-6(2)8(10)5-9(11)7(3)4;/h3-6,8H,1-2H3;5-7,10H,1-4H3;/q-1;;/b;8-5-;. The maximum Gasteiger partial charge on any atom is 0.161 e. The van der Waals surface area contributed by atoms with Gasteiger partial charge in [0.1, 0.15) is 0 Å². The average Bonchev–Trinajstić information content (AvgIpc) is 3.12. The number of imidazole rings is 1. The van der Waals surface area contributed by atoms with Crippen LogP contribution >= 0.6 is 0 Å². The van der Waals surface area contributed by atoms with Crippen molar-refractivity contribution < 1.29 is 30.0 Å². The van der Waals surface area contributed by atoms with Gasteiger partial charge in [-0.3, -0.25) is 9.78 Å². The average molecular weight is 568 g/mol. The molecule has 0 fully saturated rings. The van der Waals surface area contributed by atoms with Crippen molar-refractivity contribution in [3.63, 3.8) is 0 Å². The van der Waals surface area contributed by atoms with Gasteiger partial charge in [-0.2, -0.15) is 0 Å². The van der Waals surface area contributed by atoms with Crippen molar-refractivity contribution in [1.82, 2.24) is 9.55 Å². The summed E-state index contributed by atoms with van der Waals surface area (Å²) in [6, 6.07) is 13.9. The molecular weight excluding hydrogens is 540 g/mol. The molecule has 1 radical (unpaired) electrons. The molecule has 1 aliphatic carbocycles. The molecule has 1 aliphatic rings. The second kappa shape index (κ2) is 9.06. The summed E-state index contributed by atoms with van der Waals surface area (Å²) in [5, 5.41) is 11.8. The maximum atomic E-state index is 11.0. The molecule has 0 spiro atoms. The van der Waals surface area contributed by atoms with Gasteiger partial charge in [-0.15, -0.1) is 29.1 Å². The molecular formula is C24H27IrN2O2-. The van der Waals surface area contributed by atoms with E-state index >= 15 is 0 Å². The van der Waals surface area contributed by atoms with Gasteiger partial charge in [0.05, 0.1) is 11.6 Å². The van der Waals surface area contributed by atoms with Crippen LogP contribution in [0.2, 0.25) is 0 Å². The number of hydrogen-bond donors (Lipinski definition) is 1. The van der Waals surface area contributed by atoms with Gasteiger partial charge in [-0.1, -0.05) is 51.3 Å². The zero-order valence-electron chi connectivity index (χ0n) is 17.7. The minimum atomic E-state index is -0.0316. The summed E-state index contributed by atoms with van der Waals surface area (Å²) in [5.74, 6) is 1.21.